The van der Waals surface area contributed by atoms with Gasteiger partial charge in [0.25, 0.3) is 0 Å². The van der Waals surface area contributed by atoms with Crippen molar-refractivity contribution in [3.8, 4) is 0 Å². The maximum atomic E-state index is 12.4. The fourth-order valence-electron chi connectivity index (χ4n) is 4.10. The lowest BCUT2D eigenvalue weighted by Gasteiger charge is -2.25. The van der Waals surface area contributed by atoms with Crippen LogP contribution in [0.25, 0.3) is 0 Å². The third-order valence-electron chi connectivity index (χ3n) is 4.99. The summed E-state index contributed by atoms with van der Waals surface area (Å²) in [7, 11) is 0. The van der Waals surface area contributed by atoms with Crippen molar-refractivity contribution in [3.63, 3.8) is 0 Å². The highest BCUT2D eigenvalue weighted by Crippen LogP contribution is 2.48. The molecule has 3 rings (SSSR count). The fraction of sp³-hybridized carbons (Fsp3) is 0.733. The van der Waals surface area contributed by atoms with Crippen LogP contribution in [0.3, 0.4) is 0 Å². The zero-order valence-electron chi connectivity index (χ0n) is 11.3. The van der Waals surface area contributed by atoms with Gasteiger partial charge in [0.2, 0.25) is 11.8 Å². The minimum Gasteiger partial charge on any atom is -0.366 e. The molecule has 104 valence electrons. The van der Waals surface area contributed by atoms with Gasteiger partial charge in [-0.3, -0.25) is 9.59 Å². The van der Waals surface area contributed by atoms with E-state index < -0.39 is 0 Å². The number of nitrogens with two attached hydrogens (primary N) is 1. The standard InChI is InChI=1S/C15H22N2O2/c16-14(18)12-9-6-7-10(8-9)13(12)15(19)17-11-4-2-1-3-5-11/h9-11H,1-8H2,(H2,16,18)(H,17,19). The van der Waals surface area contributed by atoms with E-state index in [2.05, 4.69) is 5.32 Å². The number of hydrogen-bond donors (Lipinski definition) is 2. The number of fused-ring (bicyclic) bond motifs is 2. The first-order valence-electron chi connectivity index (χ1n) is 7.51. The van der Waals surface area contributed by atoms with E-state index in [1.54, 1.807) is 0 Å². The molecule has 2 unspecified atom stereocenters. The molecule has 2 amide bonds. The highest BCUT2D eigenvalue weighted by atomic mass is 16.2. The highest BCUT2D eigenvalue weighted by molar-refractivity contribution is 6.06. The second-order valence-corrected chi connectivity index (χ2v) is 6.21. The molecule has 0 aromatic heterocycles. The first-order valence-corrected chi connectivity index (χ1v) is 7.51. The van der Waals surface area contributed by atoms with Crippen LogP contribution in [0.5, 0.6) is 0 Å². The Balaban J connectivity index is 1.76. The predicted molar refractivity (Wildman–Crippen MR) is 72.1 cm³/mol. The minimum atomic E-state index is -0.388. The molecule has 0 aromatic carbocycles. The average Bonchev–Trinajstić information content (AvgIpc) is 2.99. The molecule has 2 atom stereocenters. The summed E-state index contributed by atoms with van der Waals surface area (Å²) in [4.78, 5) is 24.0. The van der Waals surface area contributed by atoms with Gasteiger partial charge in [0.15, 0.2) is 0 Å². The van der Waals surface area contributed by atoms with Crippen molar-refractivity contribution in [2.75, 3.05) is 0 Å². The minimum absolute atomic E-state index is 0.0205. The molecule has 2 saturated carbocycles. The topological polar surface area (TPSA) is 72.2 Å². The molecule has 0 aliphatic heterocycles. The summed E-state index contributed by atoms with van der Waals surface area (Å²) in [5.41, 5.74) is 6.82. The molecule has 2 fully saturated rings. The summed E-state index contributed by atoms with van der Waals surface area (Å²) in [5.74, 6) is 0.111. The van der Waals surface area contributed by atoms with E-state index in [9.17, 15) is 9.59 Å². The third-order valence-corrected chi connectivity index (χ3v) is 4.99. The van der Waals surface area contributed by atoms with Crippen molar-refractivity contribution in [1.29, 1.82) is 0 Å². The Hall–Kier alpha value is -1.32. The Kier molecular flexibility index (Phi) is 3.33. The molecule has 4 heteroatoms. The number of hydrogen-bond acceptors (Lipinski definition) is 2. The molecular weight excluding hydrogens is 240 g/mol. The monoisotopic (exact) mass is 262 g/mol. The van der Waals surface area contributed by atoms with E-state index in [-0.39, 0.29) is 23.7 Å². The molecule has 0 heterocycles. The normalized spacial score (nSPS) is 30.7. The molecule has 3 N–H and O–H groups in total. The molecule has 3 aliphatic carbocycles. The molecule has 0 radical (unpaired) electrons. The predicted octanol–water partition coefficient (Wildman–Crippen LogP) is 1.65. The number of carbonyl (C=O) groups excluding carboxylic acids is 2. The van der Waals surface area contributed by atoms with E-state index in [0.29, 0.717) is 17.2 Å². The number of primary amides is 1. The molecule has 0 saturated heterocycles. The molecule has 0 spiro atoms. The Morgan fingerprint density at radius 3 is 2.21 bits per heavy atom. The SMILES string of the molecule is NC(=O)C1=C(C(=O)NC2CCCCC2)C2CCC1C2. The summed E-state index contributed by atoms with van der Waals surface area (Å²) in [5, 5.41) is 3.13. The first-order chi connectivity index (χ1) is 9.16. The van der Waals surface area contributed by atoms with Gasteiger partial charge in [-0.05, 0) is 43.9 Å². The first kappa shape index (κ1) is 12.7. The van der Waals surface area contributed by atoms with Crippen LogP contribution in [0.1, 0.15) is 51.4 Å². The second-order valence-electron chi connectivity index (χ2n) is 6.21. The van der Waals surface area contributed by atoms with Crippen molar-refractivity contribution in [1.82, 2.24) is 5.32 Å². The Morgan fingerprint density at radius 1 is 0.947 bits per heavy atom. The Morgan fingerprint density at radius 2 is 1.58 bits per heavy atom. The van der Waals surface area contributed by atoms with Crippen molar-refractivity contribution < 1.29 is 9.59 Å². The van der Waals surface area contributed by atoms with Gasteiger partial charge in [-0.1, -0.05) is 19.3 Å². The molecule has 0 aromatic rings. The largest absolute Gasteiger partial charge is 0.366 e. The van der Waals surface area contributed by atoms with Crippen molar-refractivity contribution in [3.05, 3.63) is 11.1 Å². The van der Waals surface area contributed by atoms with E-state index in [4.69, 9.17) is 5.73 Å². The zero-order valence-corrected chi connectivity index (χ0v) is 11.3. The van der Waals surface area contributed by atoms with Gasteiger partial charge in [0, 0.05) is 17.2 Å². The van der Waals surface area contributed by atoms with Crippen molar-refractivity contribution in [2.24, 2.45) is 17.6 Å². The maximum Gasteiger partial charge on any atom is 0.248 e. The molecule has 4 nitrogen and oxygen atoms in total. The Labute approximate surface area is 113 Å². The van der Waals surface area contributed by atoms with Crippen LogP contribution in [0.2, 0.25) is 0 Å². The van der Waals surface area contributed by atoms with Crippen LogP contribution >= 0.6 is 0 Å². The van der Waals surface area contributed by atoms with Crippen LogP contribution in [0, 0.1) is 11.8 Å². The lowest BCUT2D eigenvalue weighted by Crippen LogP contribution is -2.39. The van der Waals surface area contributed by atoms with Crippen LogP contribution in [0.15, 0.2) is 11.1 Å². The van der Waals surface area contributed by atoms with Gasteiger partial charge in [0.1, 0.15) is 0 Å². The second kappa shape index (κ2) is 4.99. The van der Waals surface area contributed by atoms with Gasteiger partial charge < -0.3 is 11.1 Å². The summed E-state index contributed by atoms with van der Waals surface area (Å²) in [6.45, 7) is 0. The zero-order chi connectivity index (χ0) is 13.4. The van der Waals surface area contributed by atoms with Gasteiger partial charge in [-0.2, -0.15) is 0 Å². The van der Waals surface area contributed by atoms with Crippen molar-refractivity contribution >= 4 is 11.8 Å². The van der Waals surface area contributed by atoms with Crippen LogP contribution in [-0.2, 0) is 9.59 Å². The summed E-state index contributed by atoms with van der Waals surface area (Å²) in [6.07, 6.45) is 8.80. The fourth-order valence-corrected chi connectivity index (χ4v) is 4.10. The maximum absolute atomic E-state index is 12.4. The quantitative estimate of drug-likeness (QED) is 0.811. The van der Waals surface area contributed by atoms with Crippen LogP contribution in [0.4, 0.5) is 0 Å². The van der Waals surface area contributed by atoms with Gasteiger partial charge >= 0.3 is 0 Å². The van der Waals surface area contributed by atoms with Gasteiger partial charge in [0.05, 0.1) is 0 Å². The highest BCUT2D eigenvalue weighted by Gasteiger charge is 2.44. The lowest BCUT2D eigenvalue weighted by molar-refractivity contribution is -0.120. The number of nitrogens with one attached hydrogen (secondary N) is 1. The van der Waals surface area contributed by atoms with Gasteiger partial charge in [-0.25, -0.2) is 0 Å². The third kappa shape index (κ3) is 2.28. The number of amides is 2. The van der Waals surface area contributed by atoms with Crippen molar-refractivity contribution in [2.45, 2.75) is 57.4 Å². The Bertz CT molecular complexity index is 435. The summed E-state index contributed by atoms with van der Waals surface area (Å²) < 4.78 is 0. The average molecular weight is 262 g/mol. The lowest BCUT2D eigenvalue weighted by atomic mass is 9.89. The van der Waals surface area contributed by atoms with E-state index in [1.165, 1.54) is 19.3 Å². The van der Waals surface area contributed by atoms with E-state index >= 15 is 0 Å². The smallest absolute Gasteiger partial charge is 0.248 e. The van der Waals surface area contributed by atoms with Crippen LogP contribution < -0.4 is 11.1 Å². The van der Waals surface area contributed by atoms with Crippen LogP contribution in [-0.4, -0.2) is 17.9 Å². The molecular formula is C15H22N2O2. The molecule has 3 aliphatic rings. The van der Waals surface area contributed by atoms with Gasteiger partial charge in [-0.15, -0.1) is 0 Å². The summed E-state index contributed by atoms with van der Waals surface area (Å²) in [6, 6.07) is 0.294. The number of rotatable bonds is 3. The summed E-state index contributed by atoms with van der Waals surface area (Å²) >= 11 is 0. The number of carbonyl (C=O) groups is 2. The molecule has 2 bridgehead atoms. The van der Waals surface area contributed by atoms with E-state index in [1.807, 2.05) is 0 Å². The molecule has 19 heavy (non-hydrogen) atoms. The van der Waals surface area contributed by atoms with E-state index in [0.717, 1.165) is 32.1 Å².